The number of fused-ring (bicyclic) bond motifs is 1. The van der Waals surface area contributed by atoms with E-state index in [0.717, 1.165) is 45.4 Å². The Morgan fingerprint density at radius 1 is 0.818 bits per heavy atom. The number of hydrogen-bond donors (Lipinski definition) is 0. The molecule has 2 aliphatic rings. The molecule has 2 heterocycles. The predicted octanol–water partition coefficient (Wildman–Crippen LogP) is 7.36. The first-order valence-electron chi connectivity index (χ1n) is 10.9. The van der Waals surface area contributed by atoms with E-state index in [0.29, 0.717) is 0 Å². The van der Waals surface area contributed by atoms with Gasteiger partial charge in [0.15, 0.2) is 0 Å². The molecule has 0 spiro atoms. The van der Waals surface area contributed by atoms with E-state index in [1.54, 1.807) is 7.11 Å². The van der Waals surface area contributed by atoms with Crippen LogP contribution in [0.15, 0.2) is 114 Å². The SMILES string of the molecule is COc1ccc(C2=C/C(=C/C=C/C3=Nc4cccc5cccc3c45)c3ccccc3O2)cc1. The van der Waals surface area contributed by atoms with Crippen LogP contribution in [0.3, 0.4) is 0 Å². The molecule has 0 N–H and O–H groups in total. The van der Waals surface area contributed by atoms with Crippen molar-refractivity contribution in [3.05, 3.63) is 126 Å². The van der Waals surface area contributed by atoms with E-state index in [9.17, 15) is 0 Å². The van der Waals surface area contributed by atoms with Crippen molar-refractivity contribution < 1.29 is 9.47 Å². The molecule has 3 heteroatoms. The van der Waals surface area contributed by atoms with Gasteiger partial charge in [0.05, 0.1) is 18.5 Å². The van der Waals surface area contributed by atoms with E-state index in [4.69, 9.17) is 14.5 Å². The lowest BCUT2D eigenvalue weighted by Gasteiger charge is -2.20. The average molecular weight is 428 g/mol. The summed E-state index contributed by atoms with van der Waals surface area (Å²) in [6.07, 6.45) is 8.36. The molecular weight excluding hydrogens is 406 g/mol. The second-order valence-corrected chi connectivity index (χ2v) is 7.99. The van der Waals surface area contributed by atoms with E-state index in [1.807, 2.05) is 42.5 Å². The molecule has 0 aliphatic carbocycles. The second kappa shape index (κ2) is 7.95. The maximum atomic E-state index is 6.21. The molecule has 0 radical (unpaired) electrons. The molecule has 158 valence electrons. The normalized spacial score (nSPS) is 15.4. The van der Waals surface area contributed by atoms with Gasteiger partial charge in [0.25, 0.3) is 0 Å². The van der Waals surface area contributed by atoms with E-state index in [2.05, 4.69) is 66.8 Å². The summed E-state index contributed by atoms with van der Waals surface area (Å²) >= 11 is 0. The Morgan fingerprint density at radius 3 is 2.45 bits per heavy atom. The number of benzene rings is 4. The molecule has 2 aliphatic heterocycles. The summed E-state index contributed by atoms with van der Waals surface area (Å²) in [7, 11) is 1.67. The van der Waals surface area contributed by atoms with Crippen LogP contribution in [-0.2, 0) is 0 Å². The summed E-state index contributed by atoms with van der Waals surface area (Å²) in [5.41, 5.74) is 6.36. The number of allylic oxidation sites excluding steroid dienone is 5. The van der Waals surface area contributed by atoms with Crippen LogP contribution < -0.4 is 9.47 Å². The van der Waals surface area contributed by atoms with Crippen LogP contribution in [-0.4, -0.2) is 12.8 Å². The third-order valence-electron chi connectivity index (χ3n) is 6.01. The van der Waals surface area contributed by atoms with Gasteiger partial charge in [-0.2, -0.15) is 0 Å². The highest BCUT2D eigenvalue weighted by atomic mass is 16.5. The minimum Gasteiger partial charge on any atom is -0.497 e. The molecule has 3 nitrogen and oxygen atoms in total. The topological polar surface area (TPSA) is 30.8 Å². The fraction of sp³-hybridized carbons (Fsp3) is 0.0333. The molecule has 0 fully saturated rings. The summed E-state index contributed by atoms with van der Waals surface area (Å²) in [6, 6.07) is 28.7. The zero-order valence-corrected chi connectivity index (χ0v) is 18.2. The standard InChI is InChI=1S/C30H21NO2/c1-32-23-17-15-20(16-18-23)29-19-22(24-10-2-3-14-28(24)33-29)9-6-12-26-25-11-4-7-21-8-5-13-27(31-26)30(21)25/h2-19H,1H3/b12-6+,22-9-. The maximum Gasteiger partial charge on any atom is 0.135 e. The van der Waals surface area contributed by atoms with Gasteiger partial charge in [0.2, 0.25) is 0 Å². The van der Waals surface area contributed by atoms with Crippen molar-refractivity contribution >= 4 is 33.5 Å². The lowest BCUT2D eigenvalue weighted by molar-refractivity contribution is 0.414. The van der Waals surface area contributed by atoms with Gasteiger partial charge in [-0.25, -0.2) is 4.99 Å². The Kier molecular flexibility index (Phi) is 4.66. The molecule has 0 saturated heterocycles. The van der Waals surface area contributed by atoms with Gasteiger partial charge in [-0.05, 0) is 59.5 Å². The number of rotatable bonds is 4. The molecule has 0 unspecified atom stereocenters. The summed E-state index contributed by atoms with van der Waals surface area (Å²) in [4.78, 5) is 4.85. The van der Waals surface area contributed by atoms with Crippen LogP contribution >= 0.6 is 0 Å². The highest BCUT2D eigenvalue weighted by Crippen LogP contribution is 2.38. The lowest BCUT2D eigenvalue weighted by Crippen LogP contribution is -2.03. The monoisotopic (exact) mass is 427 g/mol. The van der Waals surface area contributed by atoms with E-state index < -0.39 is 0 Å². The minimum atomic E-state index is 0.811. The zero-order valence-electron chi connectivity index (χ0n) is 18.2. The number of nitrogens with zero attached hydrogens (tertiary/aromatic N) is 1. The number of methoxy groups -OCH3 is 1. The molecule has 0 bridgehead atoms. The summed E-state index contributed by atoms with van der Waals surface area (Å²) in [6.45, 7) is 0. The first-order valence-corrected chi connectivity index (χ1v) is 10.9. The van der Waals surface area contributed by atoms with Crippen molar-refractivity contribution in [1.29, 1.82) is 0 Å². The molecule has 4 aromatic rings. The molecule has 4 aromatic carbocycles. The lowest BCUT2D eigenvalue weighted by atomic mass is 9.98. The van der Waals surface area contributed by atoms with Gasteiger partial charge in [-0.3, -0.25) is 0 Å². The van der Waals surface area contributed by atoms with E-state index in [-0.39, 0.29) is 0 Å². The van der Waals surface area contributed by atoms with Gasteiger partial charge in [0, 0.05) is 22.1 Å². The van der Waals surface area contributed by atoms with Gasteiger partial charge in [-0.1, -0.05) is 60.7 Å². The zero-order chi connectivity index (χ0) is 22.2. The van der Waals surface area contributed by atoms with Gasteiger partial charge in [-0.15, -0.1) is 0 Å². The second-order valence-electron chi connectivity index (χ2n) is 7.99. The van der Waals surface area contributed by atoms with Crippen LogP contribution in [0.1, 0.15) is 16.7 Å². The molecule has 0 saturated carbocycles. The molecule has 0 aromatic heterocycles. The van der Waals surface area contributed by atoms with Crippen molar-refractivity contribution in [2.24, 2.45) is 4.99 Å². The van der Waals surface area contributed by atoms with Gasteiger partial charge in [0.1, 0.15) is 17.3 Å². The third kappa shape index (κ3) is 3.44. The van der Waals surface area contributed by atoms with Crippen molar-refractivity contribution in [1.82, 2.24) is 0 Å². The van der Waals surface area contributed by atoms with E-state index in [1.165, 1.54) is 16.3 Å². The minimum absolute atomic E-state index is 0.811. The molecule has 0 amide bonds. The number of aliphatic imine (C=N–C) groups is 1. The van der Waals surface area contributed by atoms with Gasteiger partial charge < -0.3 is 9.47 Å². The number of hydrogen-bond acceptors (Lipinski definition) is 3. The Balaban J connectivity index is 1.36. The molecular formula is C30H21NO2. The summed E-state index contributed by atoms with van der Waals surface area (Å²) in [5, 5.41) is 2.45. The van der Waals surface area contributed by atoms with Crippen molar-refractivity contribution in [2.45, 2.75) is 0 Å². The molecule has 6 rings (SSSR count). The first-order chi connectivity index (χ1) is 16.3. The highest BCUT2D eigenvalue weighted by Gasteiger charge is 2.18. The Labute approximate surface area is 192 Å². The number of ether oxygens (including phenoxy) is 2. The van der Waals surface area contributed by atoms with Gasteiger partial charge >= 0.3 is 0 Å². The smallest absolute Gasteiger partial charge is 0.135 e. The van der Waals surface area contributed by atoms with E-state index >= 15 is 0 Å². The van der Waals surface area contributed by atoms with Crippen LogP contribution in [0.5, 0.6) is 11.5 Å². The fourth-order valence-electron chi connectivity index (χ4n) is 4.38. The Bertz CT molecular complexity index is 1500. The maximum absolute atomic E-state index is 6.21. The van der Waals surface area contributed by atoms with Crippen LogP contribution in [0.25, 0.3) is 22.1 Å². The fourth-order valence-corrected chi connectivity index (χ4v) is 4.38. The van der Waals surface area contributed by atoms with Crippen molar-refractivity contribution in [2.75, 3.05) is 7.11 Å². The molecule has 33 heavy (non-hydrogen) atoms. The highest BCUT2D eigenvalue weighted by molar-refractivity contribution is 6.24. The third-order valence-corrected chi connectivity index (χ3v) is 6.01. The van der Waals surface area contributed by atoms with Crippen molar-refractivity contribution in [3.8, 4) is 11.5 Å². The van der Waals surface area contributed by atoms with Crippen LogP contribution in [0, 0.1) is 0 Å². The largest absolute Gasteiger partial charge is 0.497 e. The number of para-hydroxylation sites is 1. The summed E-state index contributed by atoms with van der Waals surface area (Å²) in [5.74, 6) is 2.48. The Morgan fingerprint density at radius 2 is 1.61 bits per heavy atom. The van der Waals surface area contributed by atoms with Crippen LogP contribution in [0.2, 0.25) is 0 Å². The quantitative estimate of drug-likeness (QED) is 0.341. The predicted molar refractivity (Wildman–Crippen MR) is 135 cm³/mol. The average Bonchev–Trinajstić information content (AvgIpc) is 3.23. The Hall–Kier alpha value is -4.37. The first kappa shape index (κ1) is 19.3. The molecule has 0 atom stereocenters. The van der Waals surface area contributed by atoms with Crippen LogP contribution in [0.4, 0.5) is 5.69 Å². The summed E-state index contributed by atoms with van der Waals surface area (Å²) < 4.78 is 11.5. The van der Waals surface area contributed by atoms with Crippen molar-refractivity contribution in [3.63, 3.8) is 0 Å².